The van der Waals surface area contributed by atoms with Crippen LogP contribution in [-0.4, -0.2) is 24.3 Å². The number of hydrogen-bond acceptors (Lipinski definition) is 3. The van der Waals surface area contributed by atoms with E-state index < -0.39 is 0 Å². The first kappa shape index (κ1) is 11.4. The van der Waals surface area contributed by atoms with Gasteiger partial charge < -0.3 is 15.2 Å². The molecule has 5 heteroatoms. The fourth-order valence-corrected chi connectivity index (χ4v) is 1.27. The van der Waals surface area contributed by atoms with E-state index in [2.05, 4.69) is 5.32 Å². The molecule has 0 saturated carbocycles. The van der Waals surface area contributed by atoms with Crippen LogP contribution in [0, 0.1) is 0 Å². The third kappa shape index (κ3) is 2.44. The lowest BCUT2D eigenvalue weighted by Crippen LogP contribution is -2.50. The summed E-state index contributed by atoms with van der Waals surface area (Å²) in [5.74, 6) is 0.593. The van der Waals surface area contributed by atoms with Gasteiger partial charge >= 0.3 is 0 Å². The van der Waals surface area contributed by atoms with Crippen LogP contribution in [0.3, 0.4) is 0 Å². The molecule has 1 aliphatic rings. The Kier molecular flexibility index (Phi) is 3.86. The van der Waals surface area contributed by atoms with Gasteiger partial charge in [0.05, 0.1) is 0 Å². The lowest BCUT2D eigenvalue weighted by Gasteiger charge is -2.28. The zero-order valence-electron chi connectivity index (χ0n) is 7.37. The van der Waals surface area contributed by atoms with Crippen molar-refractivity contribution in [1.82, 2.24) is 5.32 Å². The molecule has 0 aromatic heterocycles. The van der Waals surface area contributed by atoms with Gasteiger partial charge in [-0.25, -0.2) is 0 Å². The van der Waals surface area contributed by atoms with Crippen LogP contribution in [0.5, 0.6) is 11.5 Å². The summed E-state index contributed by atoms with van der Waals surface area (Å²) in [5, 5.41) is 13.0. The predicted molar refractivity (Wildman–Crippen MR) is 57.7 cm³/mol. The molecule has 2 rings (SSSR count). The molecule has 0 amide bonds. The zero-order valence-corrected chi connectivity index (χ0v) is 8.94. The quantitative estimate of drug-likeness (QED) is 0.822. The Hall–Kier alpha value is -0.640. The second-order valence-electron chi connectivity index (χ2n) is 3.01. The van der Waals surface area contributed by atoms with Gasteiger partial charge in [0.1, 0.15) is 6.10 Å². The fraction of sp³-hybridized carbons (Fsp3) is 0.333. The topological polar surface area (TPSA) is 41.5 Å². The van der Waals surface area contributed by atoms with Crippen LogP contribution in [0.2, 0.25) is 5.02 Å². The van der Waals surface area contributed by atoms with Gasteiger partial charge in [0.15, 0.2) is 11.5 Å². The smallest absolute Gasteiger partial charge is 0.162 e. The van der Waals surface area contributed by atoms with Gasteiger partial charge in [-0.05, 0) is 12.1 Å². The molecule has 0 spiro atoms. The summed E-state index contributed by atoms with van der Waals surface area (Å²) in [6, 6.07) is 4.78. The summed E-state index contributed by atoms with van der Waals surface area (Å²) in [6.45, 7) is 1.65. The Morgan fingerprint density at radius 1 is 1.43 bits per heavy atom. The summed E-state index contributed by atoms with van der Waals surface area (Å²) in [7, 11) is 0. The van der Waals surface area contributed by atoms with E-state index in [9.17, 15) is 5.11 Å². The number of nitrogens with one attached hydrogen (secondary N) is 1. The molecule has 1 aromatic carbocycles. The number of halogens is 2. The number of phenols is 1. The number of phenolic OH excluding ortho intramolecular Hbond substituents is 1. The maximum atomic E-state index is 9.40. The summed E-state index contributed by atoms with van der Waals surface area (Å²) < 4.78 is 5.46. The maximum absolute atomic E-state index is 9.40. The van der Waals surface area contributed by atoms with E-state index in [1.165, 1.54) is 6.07 Å². The van der Waals surface area contributed by atoms with Gasteiger partial charge in [-0.3, -0.25) is 0 Å². The molecule has 0 aliphatic carbocycles. The van der Waals surface area contributed by atoms with Gasteiger partial charge in [0.2, 0.25) is 0 Å². The first-order valence-electron chi connectivity index (χ1n) is 4.11. The van der Waals surface area contributed by atoms with E-state index in [1.54, 1.807) is 12.1 Å². The Bertz CT molecular complexity index is 316. The lowest BCUT2D eigenvalue weighted by molar-refractivity contribution is 0.137. The van der Waals surface area contributed by atoms with Crippen LogP contribution in [0.25, 0.3) is 0 Å². The van der Waals surface area contributed by atoms with Crippen molar-refractivity contribution in [3.8, 4) is 11.5 Å². The highest BCUT2D eigenvalue weighted by Gasteiger charge is 2.19. The highest BCUT2D eigenvalue weighted by molar-refractivity contribution is 6.30. The van der Waals surface area contributed by atoms with Gasteiger partial charge in [-0.2, -0.15) is 0 Å². The second kappa shape index (κ2) is 4.73. The minimum atomic E-state index is 0. The van der Waals surface area contributed by atoms with Crippen molar-refractivity contribution in [2.45, 2.75) is 6.10 Å². The van der Waals surface area contributed by atoms with E-state index in [4.69, 9.17) is 16.3 Å². The number of hydrogen-bond donors (Lipinski definition) is 2. The Balaban J connectivity index is 0.000000980. The van der Waals surface area contributed by atoms with Crippen molar-refractivity contribution < 1.29 is 9.84 Å². The van der Waals surface area contributed by atoms with Gasteiger partial charge in [0.25, 0.3) is 0 Å². The monoisotopic (exact) mass is 235 g/mol. The average molecular weight is 236 g/mol. The van der Waals surface area contributed by atoms with E-state index in [-0.39, 0.29) is 24.3 Å². The van der Waals surface area contributed by atoms with Gasteiger partial charge in [-0.1, -0.05) is 11.6 Å². The number of rotatable bonds is 2. The third-order valence-electron chi connectivity index (χ3n) is 1.96. The molecule has 1 heterocycles. The highest BCUT2D eigenvalue weighted by atomic mass is 35.5. The second-order valence-corrected chi connectivity index (χ2v) is 3.45. The Labute approximate surface area is 93.4 Å². The summed E-state index contributed by atoms with van der Waals surface area (Å²) >= 11 is 5.75. The molecule has 0 atom stereocenters. The van der Waals surface area contributed by atoms with Crippen LogP contribution in [-0.2, 0) is 0 Å². The molecule has 0 bridgehead atoms. The molecular formula is C9H11Cl2NO2. The highest BCUT2D eigenvalue weighted by Crippen LogP contribution is 2.30. The normalized spacial score (nSPS) is 15.5. The SMILES string of the molecule is Cl.Oc1ccc(Cl)cc1OC1CNC1. The molecular weight excluding hydrogens is 225 g/mol. The van der Waals surface area contributed by atoms with Crippen LogP contribution >= 0.6 is 24.0 Å². The molecule has 2 N–H and O–H groups in total. The van der Waals surface area contributed by atoms with Gasteiger partial charge in [-0.15, -0.1) is 12.4 Å². The van der Waals surface area contributed by atoms with Crippen molar-refractivity contribution >= 4 is 24.0 Å². The summed E-state index contributed by atoms with van der Waals surface area (Å²) in [5.41, 5.74) is 0. The van der Waals surface area contributed by atoms with Crippen LogP contribution in [0.1, 0.15) is 0 Å². The lowest BCUT2D eigenvalue weighted by atomic mass is 10.2. The van der Waals surface area contributed by atoms with E-state index in [1.807, 2.05) is 0 Å². The number of benzene rings is 1. The van der Waals surface area contributed by atoms with Crippen molar-refractivity contribution in [3.05, 3.63) is 23.2 Å². The minimum absolute atomic E-state index is 0. The maximum Gasteiger partial charge on any atom is 0.162 e. The van der Waals surface area contributed by atoms with Gasteiger partial charge in [0, 0.05) is 24.2 Å². The van der Waals surface area contributed by atoms with Crippen LogP contribution in [0.4, 0.5) is 0 Å². The van der Waals surface area contributed by atoms with Crippen molar-refractivity contribution in [3.63, 3.8) is 0 Å². The Morgan fingerprint density at radius 2 is 2.14 bits per heavy atom. The molecule has 1 fully saturated rings. The molecule has 14 heavy (non-hydrogen) atoms. The largest absolute Gasteiger partial charge is 0.504 e. The molecule has 1 aromatic rings. The van der Waals surface area contributed by atoms with E-state index >= 15 is 0 Å². The fourth-order valence-electron chi connectivity index (χ4n) is 1.11. The third-order valence-corrected chi connectivity index (χ3v) is 2.19. The number of aromatic hydroxyl groups is 1. The molecule has 0 unspecified atom stereocenters. The van der Waals surface area contributed by atoms with E-state index in [0.29, 0.717) is 10.8 Å². The first-order chi connectivity index (χ1) is 6.25. The molecule has 78 valence electrons. The molecule has 1 aliphatic heterocycles. The average Bonchev–Trinajstić information content (AvgIpc) is 2.03. The minimum Gasteiger partial charge on any atom is -0.504 e. The van der Waals surface area contributed by atoms with Crippen LogP contribution in [0.15, 0.2) is 18.2 Å². The van der Waals surface area contributed by atoms with E-state index in [0.717, 1.165) is 13.1 Å². The zero-order chi connectivity index (χ0) is 9.26. The van der Waals surface area contributed by atoms with Crippen molar-refractivity contribution in [2.24, 2.45) is 0 Å². The van der Waals surface area contributed by atoms with Crippen LogP contribution < -0.4 is 10.1 Å². The Morgan fingerprint density at radius 3 is 2.71 bits per heavy atom. The molecule has 3 nitrogen and oxygen atoms in total. The molecule has 1 saturated heterocycles. The van der Waals surface area contributed by atoms with Crippen molar-refractivity contribution in [2.75, 3.05) is 13.1 Å². The first-order valence-corrected chi connectivity index (χ1v) is 4.49. The van der Waals surface area contributed by atoms with Crippen molar-refractivity contribution in [1.29, 1.82) is 0 Å². The predicted octanol–water partition coefficient (Wildman–Crippen LogP) is 1.82. The number of ether oxygens (including phenoxy) is 1. The summed E-state index contributed by atoms with van der Waals surface area (Å²) in [6.07, 6.45) is 0.157. The molecule has 0 radical (unpaired) electrons. The standard InChI is InChI=1S/C9H10ClNO2.ClH/c10-6-1-2-8(12)9(3-6)13-7-4-11-5-7;/h1-3,7,11-12H,4-5H2;1H. The summed E-state index contributed by atoms with van der Waals surface area (Å²) in [4.78, 5) is 0.